The van der Waals surface area contributed by atoms with Crippen LogP contribution in [0.1, 0.15) is 27.9 Å². The van der Waals surface area contributed by atoms with E-state index in [9.17, 15) is 4.79 Å². The smallest absolute Gasteiger partial charge is 0.180 e. The second-order valence-electron chi connectivity index (χ2n) is 5.39. The molecule has 1 aromatic rings. The van der Waals surface area contributed by atoms with E-state index in [1.54, 1.807) is 7.11 Å². The van der Waals surface area contributed by atoms with Crippen LogP contribution in [0, 0.1) is 13.8 Å². The van der Waals surface area contributed by atoms with Crippen LogP contribution in [0.5, 0.6) is 5.75 Å². The highest BCUT2D eigenvalue weighted by Crippen LogP contribution is 2.26. The lowest BCUT2D eigenvalue weighted by molar-refractivity contribution is 0.0932. The molecule has 4 nitrogen and oxygen atoms in total. The summed E-state index contributed by atoms with van der Waals surface area (Å²) in [7, 11) is 1.63. The van der Waals surface area contributed by atoms with Crippen LogP contribution in [0.15, 0.2) is 12.1 Å². The van der Waals surface area contributed by atoms with Gasteiger partial charge in [-0.15, -0.1) is 0 Å². The van der Waals surface area contributed by atoms with E-state index >= 15 is 0 Å². The van der Waals surface area contributed by atoms with Gasteiger partial charge in [-0.1, -0.05) is 6.07 Å². The van der Waals surface area contributed by atoms with Crippen molar-refractivity contribution >= 4 is 5.78 Å². The Morgan fingerprint density at radius 1 is 1.30 bits per heavy atom. The molecule has 0 radical (unpaired) electrons. The minimum absolute atomic E-state index is 0.145. The summed E-state index contributed by atoms with van der Waals surface area (Å²) in [5, 5.41) is 3.35. The molecule has 1 aliphatic heterocycles. The second-order valence-corrected chi connectivity index (χ2v) is 5.39. The number of nitrogens with one attached hydrogen (secondary N) is 1. The number of methoxy groups -OCH3 is 1. The molecule has 1 fully saturated rings. The zero-order valence-electron chi connectivity index (χ0n) is 12.7. The van der Waals surface area contributed by atoms with Crippen LogP contribution in [-0.2, 0) is 0 Å². The summed E-state index contributed by atoms with van der Waals surface area (Å²) in [6, 6.07) is 3.88. The lowest BCUT2D eigenvalue weighted by Gasteiger charge is -2.20. The first-order chi connectivity index (χ1) is 9.63. The van der Waals surface area contributed by atoms with Gasteiger partial charge in [0.2, 0.25) is 0 Å². The summed E-state index contributed by atoms with van der Waals surface area (Å²) in [5.74, 6) is 0.870. The van der Waals surface area contributed by atoms with Gasteiger partial charge >= 0.3 is 0 Å². The topological polar surface area (TPSA) is 41.6 Å². The molecule has 20 heavy (non-hydrogen) atoms. The van der Waals surface area contributed by atoms with Crippen molar-refractivity contribution in [3.8, 4) is 5.75 Å². The van der Waals surface area contributed by atoms with Gasteiger partial charge in [0.25, 0.3) is 0 Å². The van der Waals surface area contributed by atoms with Crippen molar-refractivity contribution in [3.63, 3.8) is 0 Å². The number of rotatable bonds is 4. The molecule has 0 saturated carbocycles. The van der Waals surface area contributed by atoms with Crippen LogP contribution in [0.25, 0.3) is 0 Å². The van der Waals surface area contributed by atoms with E-state index in [2.05, 4.69) is 10.2 Å². The van der Waals surface area contributed by atoms with Crippen molar-refractivity contribution in [3.05, 3.63) is 28.8 Å². The zero-order chi connectivity index (χ0) is 14.5. The number of carbonyl (C=O) groups is 1. The summed E-state index contributed by atoms with van der Waals surface area (Å²) < 4.78 is 5.44. The van der Waals surface area contributed by atoms with E-state index in [0.717, 1.165) is 49.5 Å². The number of hydrogen-bond donors (Lipinski definition) is 1. The van der Waals surface area contributed by atoms with Crippen molar-refractivity contribution < 1.29 is 9.53 Å². The molecule has 1 N–H and O–H groups in total. The predicted molar refractivity (Wildman–Crippen MR) is 80.7 cm³/mol. The van der Waals surface area contributed by atoms with Gasteiger partial charge in [0.15, 0.2) is 5.78 Å². The Hall–Kier alpha value is -1.39. The molecule has 4 heteroatoms. The molecule has 0 unspecified atom stereocenters. The van der Waals surface area contributed by atoms with E-state index in [-0.39, 0.29) is 5.78 Å². The highest BCUT2D eigenvalue weighted by atomic mass is 16.5. The number of carbonyl (C=O) groups excluding carboxylic acids is 1. The van der Waals surface area contributed by atoms with E-state index in [1.807, 2.05) is 26.0 Å². The standard InChI is InChI=1S/C16H24N2O2/c1-12-5-6-14(16(20-3)13(12)2)15(19)11-18-9-4-7-17-8-10-18/h5-6,17H,4,7-11H2,1-3H3. The fourth-order valence-electron chi connectivity index (χ4n) is 2.62. The molecule has 0 atom stereocenters. The number of nitrogens with zero attached hydrogens (tertiary/aromatic N) is 1. The van der Waals surface area contributed by atoms with Gasteiger partial charge in [-0.2, -0.15) is 0 Å². The number of hydrogen-bond acceptors (Lipinski definition) is 4. The number of ketones is 1. The van der Waals surface area contributed by atoms with Crippen molar-refractivity contribution in [2.45, 2.75) is 20.3 Å². The van der Waals surface area contributed by atoms with Gasteiger partial charge in [-0.3, -0.25) is 9.69 Å². The second kappa shape index (κ2) is 6.86. The lowest BCUT2D eigenvalue weighted by Crippen LogP contribution is -2.33. The summed E-state index contributed by atoms with van der Waals surface area (Å²) in [5.41, 5.74) is 2.90. The molecule has 1 saturated heterocycles. The van der Waals surface area contributed by atoms with Gasteiger partial charge in [0.05, 0.1) is 19.2 Å². The number of ether oxygens (including phenoxy) is 1. The fourth-order valence-corrected chi connectivity index (χ4v) is 2.62. The highest BCUT2D eigenvalue weighted by molar-refractivity contribution is 6.00. The van der Waals surface area contributed by atoms with Crippen LogP contribution in [0.4, 0.5) is 0 Å². The molecule has 0 amide bonds. The Balaban J connectivity index is 2.14. The highest BCUT2D eigenvalue weighted by Gasteiger charge is 2.19. The number of benzene rings is 1. The monoisotopic (exact) mass is 276 g/mol. The molecule has 1 heterocycles. The maximum Gasteiger partial charge on any atom is 0.180 e. The SMILES string of the molecule is COc1c(C(=O)CN2CCCNCC2)ccc(C)c1C. The van der Waals surface area contributed by atoms with Gasteiger partial charge in [0, 0.05) is 13.1 Å². The zero-order valence-corrected chi connectivity index (χ0v) is 12.7. The number of Topliss-reactive ketones (excluding diaryl/α,β-unsaturated/α-hetero) is 1. The van der Waals surface area contributed by atoms with Crippen molar-refractivity contribution in [1.29, 1.82) is 0 Å². The van der Waals surface area contributed by atoms with Crippen LogP contribution in [-0.4, -0.2) is 50.5 Å². The fraction of sp³-hybridized carbons (Fsp3) is 0.562. The Labute approximate surface area is 121 Å². The predicted octanol–water partition coefficient (Wildman–Crippen LogP) is 1.79. The quantitative estimate of drug-likeness (QED) is 0.851. The van der Waals surface area contributed by atoms with Crippen LogP contribution in [0.3, 0.4) is 0 Å². The maximum atomic E-state index is 12.5. The molecule has 110 valence electrons. The van der Waals surface area contributed by atoms with Gasteiger partial charge < -0.3 is 10.1 Å². The van der Waals surface area contributed by atoms with Crippen LogP contribution in [0.2, 0.25) is 0 Å². The molecule has 0 spiro atoms. The molecule has 0 aromatic heterocycles. The molecule has 0 aliphatic carbocycles. The summed E-state index contributed by atoms with van der Waals surface area (Å²) >= 11 is 0. The Bertz CT molecular complexity index is 478. The molecule has 0 bridgehead atoms. The minimum Gasteiger partial charge on any atom is -0.496 e. The lowest BCUT2D eigenvalue weighted by atomic mass is 10.0. The molecular formula is C16H24N2O2. The van der Waals surface area contributed by atoms with Crippen LogP contribution >= 0.6 is 0 Å². The Kier molecular flexibility index (Phi) is 5.15. The third-order valence-corrected chi connectivity index (χ3v) is 3.98. The van der Waals surface area contributed by atoms with E-state index < -0.39 is 0 Å². The normalized spacial score (nSPS) is 16.8. The van der Waals surface area contributed by atoms with Crippen LogP contribution < -0.4 is 10.1 Å². The Morgan fingerprint density at radius 3 is 2.85 bits per heavy atom. The first kappa shape index (κ1) is 15.0. The van der Waals surface area contributed by atoms with E-state index in [0.29, 0.717) is 12.1 Å². The summed E-state index contributed by atoms with van der Waals surface area (Å²) in [6.07, 6.45) is 1.09. The van der Waals surface area contributed by atoms with E-state index in [4.69, 9.17) is 4.74 Å². The first-order valence-corrected chi connectivity index (χ1v) is 7.24. The van der Waals surface area contributed by atoms with Crippen molar-refractivity contribution in [2.24, 2.45) is 0 Å². The van der Waals surface area contributed by atoms with Gasteiger partial charge in [-0.25, -0.2) is 0 Å². The molecular weight excluding hydrogens is 252 g/mol. The van der Waals surface area contributed by atoms with Gasteiger partial charge in [0.1, 0.15) is 5.75 Å². The molecule has 1 aliphatic rings. The average molecular weight is 276 g/mol. The minimum atomic E-state index is 0.145. The number of aryl methyl sites for hydroxylation is 1. The summed E-state index contributed by atoms with van der Waals surface area (Å²) in [6.45, 7) is 8.41. The Morgan fingerprint density at radius 2 is 2.10 bits per heavy atom. The third-order valence-electron chi connectivity index (χ3n) is 3.98. The largest absolute Gasteiger partial charge is 0.496 e. The van der Waals surface area contributed by atoms with Crippen molar-refractivity contribution in [2.75, 3.05) is 39.8 Å². The first-order valence-electron chi connectivity index (χ1n) is 7.24. The van der Waals surface area contributed by atoms with Crippen molar-refractivity contribution in [1.82, 2.24) is 10.2 Å². The molecule has 2 rings (SSSR count). The third kappa shape index (κ3) is 3.38. The molecule has 1 aromatic carbocycles. The average Bonchev–Trinajstić information content (AvgIpc) is 2.70. The maximum absolute atomic E-state index is 12.5. The summed E-state index contributed by atoms with van der Waals surface area (Å²) in [4.78, 5) is 14.7. The van der Waals surface area contributed by atoms with E-state index in [1.165, 1.54) is 0 Å². The van der Waals surface area contributed by atoms with Gasteiger partial charge in [-0.05, 0) is 50.6 Å².